The van der Waals surface area contributed by atoms with E-state index in [2.05, 4.69) is 30.8 Å². The predicted molar refractivity (Wildman–Crippen MR) is 116 cm³/mol. The summed E-state index contributed by atoms with van der Waals surface area (Å²) in [5.41, 5.74) is 1.43. The zero-order chi connectivity index (χ0) is 21.7. The van der Waals surface area contributed by atoms with E-state index in [0.717, 1.165) is 5.56 Å². The van der Waals surface area contributed by atoms with Crippen molar-refractivity contribution < 1.29 is 17.9 Å². The van der Waals surface area contributed by atoms with Crippen LogP contribution in [0, 0.1) is 0 Å². The van der Waals surface area contributed by atoms with Gasteiger partial charge in [-0.05, 0) is 54.7 Å². The molecule has 0 spiro atoms. The molecule has 0 aromatic heterocycles. The Balaban J connectivity index is 1.99. The Kier molecular flexibility index (Phi) is 7.43. The van der Waals surface area contributed by atoms with Crippen molar-refractivity contribution in [3.63, 3.8) is 0 Å². The smallest absolute Gasteiger partial charge is 0.262 e. The fraction of sp³-hybridized carbons (Fsp3) is 0.409. The van der Waals surface area contributed by atoms with Crippen molar-refractivity contribution in [2.75, 3.05) is 11.9 Å². The first kappa shape index (κ1) is 22.9. The lowest BCUT2D eigenvalue weighted by atomic mass is 9.86. The van der Waals surface area contributed by atoms with Crippen LogP contribution in [0.5, 0.6) is 5.75 Å². The first-order valence-electron chi connectivity index (χ1n) is 9.67. The summed E-state index contributed by atoms with van der Waals surface area (Å²) in [6, 6.07) is 13.6. The number of ether oxygens (including phenoxy) is 1. The summed E-state index contributed by atoms with van der Waals surface area (Å²) in [7, 11) is -3.57. The van der Waals surface area contributed by atoms with Crippen molar-refractivity contribution in [2.45, 2.75) is 57.4 Å². The summed E-state index contributed by atoms with van der Waals surface area (Å²) < 4.78 is 32.9. The van der Waals surface area contributed by atoms with E-state index >= 15 is 0 Å². The SMILES string of the molecule is CCC(C)NS(=O)(=O)c1ccc(NC(=O)COc2ccccc2C(C)(C)C)cc1. The molecule has 0 heterocycles. The third-order valence-electron chi connectivity index (χ3n) is 4.47. The van der Waals surface area contributed by atoms with Crippen LogP contribution in [-0.4, -0.2) is 27.0 Å². The Morgan fingerprint density at radius 2 is 1.69 bits per heavy atom. The molecule has 0 aliphatic carbocycles. The molecule has 0 fully saturated rings. The molecule has 0 saturated carbocycles. The minimum atomic E-state index is -3.57. The van der Waals surface area contributed by atoms with Crippen molar-refractivity contribution in [3.8, 4) is 5.75 Å². The first-order valence-corrected chi connectivity index (χ1v) is 11.2. The van der Waals surface area contributed by atoms with Crippen molar-refractivity contribution in [1.29, 1.82) is 0 Å². The first-order chi connectivity index (χ1) is 13.5. The monoisotopic (exact) mass is 418 g/mol. The summed E-state index contributed by atoms with van der Waals surface area (Å²) in [5.74, 6) is 0.356. The van der Waals surface area contributed by atoms with E-state index in [1.165, 1.54) is 12.1 Å². The van der Waals surface area contributed by atoms with Gasteiger partial charge >= 0.3 is 0 Å². The van der Waals surface area contributed by atoms with Gasteiger partial charge in [0.15, 0.2) is 6.61 Å². The maximum atomic E-state index is 12.3. The molecule has 7 heteroatoms. The number of hydrogen-bond acceptors (Lipinski definition) is 4. The van der Waals surface area contributed by atoms with Gasteiger partial charge in [0.25, 0.3) is 5.91 Å². The number of sulfonamides is 1. The fourth-order valence-electron chi connectivity index (χ4n) is 2.69. The second kappa shape index (κ2) is 9.41. The molecule has 2 aromatic carbocycles. The molecular formula is C22H30N2O4S. The zero-order valence-electron chi connectivity index (χ0n) is 17.7. The van der Waals surface area contributed by atoms with Gasteiger partial charge in [0, 0.05) is 11.7 Å². The average Bonchev–Trinajstić information content (AvgIpc) is 2.66. The normalized spacial score (nSPS) is 13.0. The van der Waals surface area contributed by atoms with Gasteiger partial charge in [0.2, 0.25) is 10.0 Å². The molecule has 0 saturated heterocycles. The van der Waals surface area contributed by atoms with Gasteiger partial charge in [-0.1, -0.05) is 45.9 Å². The van der Waals surface area contributed by atoms with E-state index in [1.807, 2.05) is 38.1 Å². The van der Waals surface area contributed by atoms with Crippen LogP contribution >= 0.6 is 0 Å². The number of anilines is 1. The van der Waals surface area contributed by atoms with Gasteiger partial charge in [-0.2, -0.15) is 0 Å². The highest BCUT2D eigenvalue weighted by Crippen LogP contribution is 2.30. The molecule has 1 atom stereocenters. The number of hydrogen-bond donors (Lipinski definition) is 2. The Morgan fingerprint density at radius 1 is 1.07 bits per heavy atom. The minimum absolute atomic E-state index is 0.0995. The summed E-state index contributed by atoms with van der Waals surface area (Å²) in [6.07, 6.45) is 0.700. The molecule has 2 rings (SSSR count). The lowest BCUT2D eigenvalue weighted by Gasteiger charge is -2.22. The van der Waals surface area contributed by atoms with Crippen LogP contribution in [-0.2, 0) is 20.2 Å². The predicted octanol–water partition coefficient (Wildman–Crippen LogP) is 4.08. The van der Waals surface area contributed by atoms with Crippen molar-refractivity contribution >= 4 is 21.6 Å². The molecule has 29 heavy (non-hydrogen) atoms. The second-order valence-corrected chi connectivity index (χ2v) is 9.75. The van der Waals surface area contributed by atoms with Crippen molar-refractivity contribution in [1.82, 2.24) is 4.72 Å². The Hall–Kier alpha value is -2.38. The standard InChI is InChI=1S/C22H30N2O4S/c1-6-16(2)24-29(26,27)18-13-11-17(12-14-18)23-21(25)15-28-20-10-8-7-9-19(20)22(3,4)5/h7-14,16,24H,6,15H2,1-5H3,(H,23,25). The molecule has 1 unspecified atom stereocenters. The van der Waals surface area contributed by atoms with Crippen LogP contribution in [0.3, 0.4) is 0 Å². The fourth-order valence-corrected chi connectivity index (χ4v) is 4.01. The van der Waals surface area contributed by atoms with E-state index in [-0.39, 0.29) is 28.9 Å². The molecule has 1 amide bonds. The number of nitrogens with one attached hydrogen (secondary N) is 2. The number of rotatable bonds is 8. The number of carbonyl (C=O) groups excluding carboxylic acids is 1. The molecule has 158 valence electrons. The van der Waals surface area contributed by atoms with Crippen LogP contribution in [0.15, 0.2) is 53.4 Å². The van der Waals surface area contributed by atoms with Crippen molar-refractivity contribution in [2.24, 2.45) is 0 Å². The topological polar surface area (TPSA) is 84.5 Å². The molecule has 0 radical (unpaired) electrons. The number of para-hydroxylation sites is 1. The maximum absolute atomic E-state index is 12.3. The highest BCUT2D eigenvalue weighted by Gasteiger charge is 2.19. The third-order valence-corrected chi connectivity index (χ3v) is 6.08. The van der Waals surface area contributed by atoms with E-state index in [0.29, 0.717) is 17.9 Å². The van der Waals surface area contributed by atoms with E-state index in [1.54, 1.807) is 12.1 Å². The molecule has 6 nitrogen and oxygen atoms in total. The highest BCUT2D eigenvalue weighted by atomic mass is 32.2. The number of carbonyl (C=O) groups is 1. The second-order valence-electron chi connectivity index (χ2n) is 8.04. The Morgan fingerprint density at radius 3 is 2.28 bits per heavy atom. The van der Waals surface area contributed by atoms with Crippen LogP contribution in [0.4, 0.5) is 5.69 Å². The molecule has 2 aromatic rings. The molecule has 0 aliphatic heterocycles. The van der Waals surface area contributed by atoms with Gasteiger partial charge in [0.1, 0.15) is 5.75 Å². The van der Waals surface area contributed by atoms with Gasteiger partial charge in [0.05, 0.1) is 4.90 Å². The highest BCUT2D eigenvalue weighted by molar-refractivity contribution is 7.89. The number of amides is 1. The number of benzene rings is 2. The molecule has 0 bridgehead atoms. The van der Waals surface area contributed by atoms with Gasteiger partial charge in [-0.3, -0.25) is 4.79 Å². The van der Waals surface area contributed by atoms with Gasteiger partial charge in [-0.25, -0.2) is 13.1 Å². The summed E-state index contributed by atoms with van der Waals surface area (Å²) in [4.78, 5) is 12.4. The summed E-state index contributed by atoms with van der Waals surface area (Å²) in [6.45, 7) is 9.84. The molecule has 2 N–H and O–H groups in total. The zero-order valence-corrected chi connectivity index (χ0v) is 18.5. The quantitative estimate of drug-likeness (QED) is 0.677. The van der Waals surface area contributed by atoms with E-state index < -0.39 is 10.0 Å². The Bertz CT molecular complexity index is 932. The van der Waals surface area contributed by atoms with Crippen LogP contribution in [0.25, 0.3) is 0 Å². The minimum Gasteiger partial charge on any atom is -0.483 e. The van der Waals surface area contributed by atoms with Crippen LogP contribution < -0.4 is 14.8 Å². The van der Waals surface area contributed by atoms with Gasteiger partial charge in [-0.15, -0.1) is 0 Å². The van der Waals surface area contributed by atoms with Crippen LogP contribution in [0.1, 0.15) is 46.6 Å². The van der Waals surface area contributed by atoms with E-state index in [9.17, 15) is 13.2 Å². The lowest BCUT2D eigenvalue weighted by molar-refractivity contribution is -0.118. The average molecular weight is 419 g/mol. The largest absolute Gasteiger partial charge is 0.483 e. The third kappa shape index (κ3) is 6.58. The van der Waals surface area contributed by atoms with Crippen molar-refractivity contribution in [3.05, 3.63) is 54.1 Å². The van der Waals surface area contributed by atoms with Gasteiger partial charge < -0.3 is 10.1 Å². The maximum Gasteiger partial charge on any atom is 0.262 e. The Labute approximate surface area is 173 Å². The summed E-state index contributed by atoms with van der Waals surface area (Å²) in [5, 5.41) is 2.72. The summed E-state index contributed by atoms with van der Waals surface area (Å²) >= 11 is 0. The lowest BCUT2D eigenvalue weighted by Crippen LogP contribution is -2.32. The molecular weight excluding hydrogens is 388 g/mol. The molecule has 0 aliphatic rings. The van der Waals surface area contributed by atoms with E-state index in [4.69, 9.17) is 4.74 Å². The van der Waals surface area contributed by atoms with Crippen LogP contribution in [0.2, 0.25) is 0 Å².